The van der Waals surface area contributed by atoms with Gasteiger partial charge < -0.3 is 24.0 Å². The van der Waals surface area contributed by atoms with Crippen LogP contribution in [-0.2, 0) is 16.1 Å². The Kier molecular flexibility index (Phi) is 8.35. The van der Waals surface area contributed by atoms with E-state index in [0.29, 0.717) is 24.7 Å². The molecular weight excluding hydrogens is 477 g/mol. The summed E-state index contributed by atoms with van der Waals surface area (Å²) in [5, 5.41) is 0. The molecule has 1 atom stereocenters. The Balaban J connectivity index is 1.53. The molecule has 1 saturated heterocycles. The molecule has 194 valence electrons. The highest BCUT2D eigenvalue weighted by Crippen LogP contribution is 2.27. The number of carbonyl (C=O) groups excluding carboxylic acids is 2. The van der Waals surface area contributed by atoms with E-state index >= 15 is 0 Å². The van der Waals surface area contributed by atoms with Crippen molar-refractivity contribution in [3.05, 3.63) is 89.9 Å². The van der Waals surface area contributed by atoms with Crippen molar-refractivity contribution in [2.75, 3.05) is 40.5 Å². The standard InChI is InChI=1S/C28H30FN3O5/c1-31(18-21-7-4-3-5-8-21)26(33)17-28(20-36-23-13-11-22(29)12-14-23)19-32(15-16-37-28)27(34)24-9-6-10-25(30-24)35-2/h3-14H,15-20H2,1-2H3/t28-/m0/s1. The van der Waals surface area contributed by atoms with E-state index < -0.39 is 5.60 Å². The lowest BCUT2D eigenvalue weighted by Crippen LogP contribution is -2.58. The van der Waals surface area contributed by atoms with Crippen molar-refractivity contribution in [3.8, 4) is 11.6 Å². The molecule has 1 fully saturated rings. The summed E-state index contributed by atoms with van der Waals surface area (Å²) < 4.78 is 30.6. The number of ether oxygens (including phenoxy) is 3. The van der Waals surface area contributed by atoms with E-state index in [1.54, 1.807) is 35.0 Å². The van der Waals surface area contributed by atoms with Crippen LogP contribution in [0.4, 0.5) is 4.39 Å². The van der Waals surface area contributed by atoms with Crippen LogP contribution in [0.2, 0.25) is 0 Å². The van der Waals surface area contributed by atoms with Crippen LogP contribution in [-0.4, -0.2) is 72.7 Å². The quantitative estimate of drug-likeness (QED) is 0.441. The van der Waals surface area contributed by atoms with Crippen LogP contribution in [0, 0.1) is 5.82 Å². The van der Waals surface area contributed by atoms with Crippen molar-refractivity contribution in [2.45, 2.75) is 18.6 Å². The van der Waals surface area contributed by atoms with Gasteiger partial charge in [0.05, 0.1) is 26.7 Å². The van der Waals surface area contributed by atoms with Crippen molar-refractivity contribution >= 4 is 11.8 Å². The highest BCUT2D eigenvalue weighted by Gasteiger charge is 2.42. The highest BCUT2D eigenvalue weighted by atomic mass is 19.1. The lowest BCUT2D eigenvalue weighted by Gasteiger charge is -2.42. The summed E-state index contributed by atoms with van der Waals surface area (Å²) in [4.78, 5) is 34.1. The van der Waals surface area contributed by atoms with Crippen molar-refractivity contribution < 1.29 is 28.2 Å². The summed E-state index contributed by atoms with van der Waals surface area (Å²) in [7, 11) is 3.22. The van der Waals surface area contributed by atoms with Crippen LogP contribution in [0.3, 0.4) is 0 Å². The average Bonchev–Trinajstić information content (AvgIpc) is 2.93. The number of carbonyl (C=O) groups is 2. The van der Waals surface area contributed by atoms with Gasteiger partial charge in [-0.15, -0.1) is 0 Å². The van der Waals surface area contributed by atoms with Gasteiger partial charge in [0.2, 0.25) is 11.8 Å². The first-order chi connectivity index (χ1) is 17.9. The number of methoxy groups -OCH3 is 1. The van der Waals surface area contributed by atoms with Crippen LogP contribution in [0.25, 0.3) is 0 Å². The van der Waals surface area contributed by atoms with Gasteiger partial charge in [0.15, 0.2) is 0 Å². The van der Waals surface area contributed by atoms with Crippen molar-refractivity contribution in [2.24, 2.45) is 0 Å². The fraction of sp³-hybridized carbons (Fsp3) is 0.321. The molecule has 0 bridgehead atoms. The normalized spacial score (nSPS) is 17.2. The number of halogens is 1. The smallest absolute Gasteiger partial charge is 0.272 e. The molecule has 0 radical (unpaired) electrons. The van der Waals surface area contributed by atoms with E-state index in [9.17, 15) is 14.0 Å². The number of pyridine rings is 1. The zero-order valence-corrected chi connectivity index (χ0v) is 20.9. The summed E-state index contributed by atoms with van der Waals surface area (Å²) in [6.07, 6.45) is -0.00710. The maximum atomic E-state index is 13.4. The molecule has 4 rings (SSSR count). The minimum absolute atomic E-state index is 0.00112. The number of aromatic nitrogens is 1. The monoisotopic (exact) mass is 507 g/mol. The second-order valence-electron chi connectivity index (χ2n) is 8.98. The van der Waals surface area contributed by atoms with E-state index in [1.807, 2.05) is 30.3 Å². The summed E-state index contributed by atoms with van der Waals surface area (Å²) in [6, 6.07) is 20.3. The van der Waals surface area contributed by atoms with E-state index in [0.717, 1.165) is 5.56 Å². The minimum atomic E-state index is -1.11. The number of amides is 2. The number of hydrogen-bond donors (Lipinski definition) is 0. The molecule has 0 saturated carbocycles. The van der Waals surface area contributed by atoms with Crippen LogP contribution in [0.5, 0.6) is 11.6 Å². The first-order valence-electron chi connectivity index (χ1n) is 12.0. The van der Waals surface area contributed by atoms with Crippen LogP contribution >= 0.6 is 0 Å². The maximum absolute atomic E-state index is 13.4. The largest absolute Gasteiger partial charge is 0.490 e. The Bertz CT molecular complexity index is 1210. The van der Waals surface area contributed by atoms with Crippen molar-refractivity contribution in [1.82, 2.24) is 14.8 Å². The fourth-order valence-corrected chi connectivity index (χ4v) is 4.17. The molecule has 2 aromatic carbocycles. The van der Waals surface area contributed by atoms with Gasteiger partial charge in [0.1, 0.15) is 29.5 Å². The molecule has 1 aromatic heterocycles. The van der Waals surface area contributed by atoms with E-state index in [2.05, 4.69) is 4.98 Å². The topological polar surface area (TPSA) is 81.2 Å². The predicted molar refractivity (Wildman–Crippen MR) is 135 cm³/mol. The van der Waals surface area contributed by atoms with Gasteiger partial charge in [-0.2, -0.15) is 0 Å². The Labute approximate surface area is 215 Å². The van der Waals surface area contributed by atoms with E-state index in [4.69, 9.17) is 14.2 Å². The number of hydrogen-bond acceptors (Lipinski definition) is 6. The van der Waals surface area contributed by atoms with Crippen molar-refractivity contribution in [3.63, 3.8) is 0 Å². The SMILES string of the molecule is COc1cccc(C(=O)N2CCO[C@@](COc3ccc(F)cc3)(CC(=O)N(C)Cc3ccccc3)C2)n1. The van der Waals surface area contributed by atoms with Crippen LogP contribution < -0.4 is 9.47 Å². The Morgan fingerprint density at radius 1 is 1.08 bits per heavy atom. The molecule has 3 aromatic rings. The minimum Gasteiger partial charge on any atom is -0.490 e. The Morgan fingerprint density at radius 3 is 2.57 bits per heavy atom. The molecule has 0 unspecified atom stereocenters. The molecule has 0 N–H and O–H groups in total. The van der Waals surface area contributed by atoms with E-state index in [-0.39, 0.29) is 49.5 Å². The molecule has 37 heavy (non-hydrogen) atoms. The number of nitrogens with zero attached hydrogens (tertiary/aromatic N) is 3. The molecule has 9 heteroatoms. The third-order valence-electron chi connectivity index (χ3n) is 6.16. The molecule has 0 aliphatic carbocycles. The zero-order chi connectivity index (χ0) is 26.3. The molecule has 2 amide bonds. The van der Waals surface area contributed by atoms with Gasteiger partial charge in [-0.25, -0.2) is 9.37 Å². The first-order valence-corrected chi connectivity index (χ1v) is 12.0. The predicted octanol–water partition coefficient (Wildman–Crippen LogP) is 3.57. The van der Waals surface area contributed by atoms with E-state index in [1.165, 1.54) is 31.4 Å². The highest BCUT2D eigenvalue weighted by molar-refractivity contribution is 5.92. The summed E-state index contributed by atoms with van der Waals surface area (Å²) in [5.74, 6) is -0.0508. The van der Waals surface area contributed by atoms with Crippen LogP contribution in [0.15, 0.2) is 72.8 Å². The summed E-state index contributed by atoms with van der Waals surface area (Å²) >= 11 is 0. The van der Waals surface area contributed by atoms with Gasteiger partial charge >= 0.3 is 0 Å². The zero-order valence-electron chi connectivity index (χ0n) is 20.9. The third-order valence-corrected chi connectivity index (χ3v) is 6.16. The molecular formula is C28H30FN3O5. The maximum Gasteiger partial charge on any atom is 0.272 e. The Hall–Kier alpha value is -3.98. The lowest BCUT2D eigenvalue weighted by atomic mass is 9.96. The first kappa shape index (κ1) is 26.1. The fourth-order valence-electron chi connectivity index (χ4n) is 4.17. The average molecular weight is 508 g/mol. The third kappa shape index (κ3) is 6.83. The van der Waals surface area contributed by atoms with Gasteiger partial charge in [-0.1, -0.05) is 36.4 Å². The molecule has 1 aliphatic rings. The second-order valence-corrected chi connectivity index (χ2v) is 8.98. The van der Waals surface area contributed by atoms with Crippen LogP contribution in [0.1, 0.15) is 22.5 Å². The number of morpholine rings is 1. The molecule has 2 heterocycles. The van der Waals surface area contributed by atoms with Gasteiger partial charge in [0, 0.05) is 26.2 Å². The summed E-state index contributed by atoms with van der Waals surface area (Å²) in [6.45, 7) is 1.11. The second kappa shape index (κ2) is 11.8. The lowest BCUT2D eigenvalue weighted by molar-refractivity contribution is -0.152. The molecule has 8 nitrogen and oxygen atoms in total. The van der Waals surface area contributed by atoms with Crippen molar-refractivity contribution in [1.29, 1.82) is 0 Å². The van der Waals surface area contributed by atoms with Gasteiger partial charge in [-0.3, -0.25) is 9.59 Å². The Morgan fingerprint density at radius 2 is 1.84 bits per heavy atom. The van der Waals surface area contributed by atoms with Gasteiger partial charge in [-0.05, 0) is 35.9 Å². The number of rotatable bonds is 9. The summed E-state index contributed by atoms with van der Waals surface area (Å²) in [5.41, 5.74) is 0.131. The molecule has 1 aliphatic heterocycles. The number of benzene rings is 2. The van der Waals surface area contributed by atoms with Gasteiger partial charge in [0.25, 0.3) is 5.91 Å². The molecule has 0 spiro atoms.